The first kappa shape index (κ1) is 20.9. The van der Waals surface area contributed by atoms with Crippen LogP contribution in [-0.2, 0) is 10.0 Å². The molecule has 0 saturated carbocycles. The maximum absolute atomic E-state index is 13.3. The molecule has 1 saturated heterocycles. The first-order valence-electron chi connectivity index (χ1n) is 9.55. The van der Waals surface area contributed by atoms with Crippen molar-refractivity contribution < 1.29 is 8.42 Å². The molecule has 0 aromatic carbocycles. The summed E-state index contributed by atoms with van der Waals surface area (Å²) < 4.78 is 27.7. The van der Waals surface area contributed by atoms with Gasteiger partial charge in [-0.1, -0.05) is 58.8 Å². The average Bonchev–Trinajstić information content (AvgIpc) is 2.52. The number of nitrogens with zero attached hydrogens (tertiary/aromatic N) is 2. The van der Waals surface area contributed by atoms with Crippen molar-refractivity contribution in [2.24, 2.45) is 0 Å². The molecule has 1 fully saturated rings. The molecule has 0 bridgehead atoms. The second-order valence-corrected chi connectivity index (χ2v) is 9.88. The molecule has 0 aliphatic carbocycles. The molecule has 0 aromatic heterocycles. The molecule has 1 unspecified atom stereocenters. The fraction of sp³-hybridized carbons (Fsp3) is 1.00. The lowest BCUT2D eigenvalue weighted by molar-refractivity contribution is 0.217. The van der Waals surface area contributed by atoms with Crippen LogP contribution in [0, 0.1) is 0 Å². The van der Waals surface area contributed by atoms with Gasteiger partial charge < -0.3 is 4.90 Å². The Hall–Kier alpha value is -0.130. The molecule has 138 valence electrons. The van der Waals surface area contributed by atoms with Crippen LogP contribution < -0.4 is 0 Å². The molecule has 0 radical (unpaired) electrons. The van der Waals surface area contributed by atoms with Crippen molar-refractivity contribution >= 4 is 10.0 Å². The summed E-state index contributed by atoms with van der Waals surface area (Å²) in [6.07, 6.45) is 9.49. The van der Waals surface area contributed by atoms with Crippen LogP contribution in [0.25, 0.3) is 0 Å². The molecule has 1 aliphatic heterocycles. The summed E-state index contributed by atoms with van der Waals surface area (Å²) in [5, 5.41) is 0. The summed E-state index contributed by atoms with van der Waals surface area (Å²) in [7, 11) is -1.14. The zero-order valence-electron chi connectivity index (χ0n) is 15.8. The molecule has 0 aromatic rings. The molecule has 23 heavy (non-hydrogen) atoms. The summed E-state index contributed by atoms with van der Waals surface area (Å²) in [5.41, 5.74) is 0. The van der Waals surface area contributed by atoms with Gasteiger partial charge in [0.15, 0.2) is 0 Å². The zero-order valence-corrected chi connectivity index (χ0v) is 16.6. The Morgan fingerprint density at radius 2 is 1.30 bits per heavy atom. The summed E-state index contributed by atoms with van der Waals surface area (Å²) in [5.74, 6) is 0. The maximum atomic E-state index is 13.3. The van der Waals surface area contributed by atoms with Crippen molar-refractivity contribution in [3.8, 4) is 0 Å². The largest absolute Gasteiger partial charge is 0.304 e. The second-order valence-electron chi connectivity index (χ2n) is 7.43. The van der Waals surface area contributed by atoms with Crippen molar-refractivity contribution in [1.29, 1.82) is 0 Å². The lowest BCUT2D eigenvalue weighted by atomic mass is 9.95. The van der Waals surface area contributed by atoms with E-state index in [4.69, 9.17) is 0 Å². The highest BCUT2D eigenvalue weighted by molar-refractivity contribution is 7.90. The van der Waals surface area contributed by atoms with E-state index in [1.807, 2.05) is 6.92 Å². The van der Waals surface area contributed by atoms with E-state index in [9.17, 15) is 8.42 Å². The van der Waals surface area contributed by atoms with Gasteiger partial charge in [-0.3, -0.25) is 0 Å². The van der Waals surface area contributed by atoms with Gasteiger partial charge in [0.1, 0.15) is 0 Å². The average molecular weight is 347 g/mol. The van der Waals surface area contributed by atoms with Gasteiger partial charge in [-0.05, 0) is 26.8 Å². The molecule has 5 heteroatoms. The fourth-order valence-electron chi connectivity index (χ4n) is 3.40. The molecule has 4 nitrogen and oxygen atoms in total. The third-order valence-corrected chi connectivity index (χ3v) is 7.99. The van der Waals surface area contributed by atoms with E-state index in [1.165, 1.54) is 12.8 Å². The quantitative estimate of drug-likeness (QED) is 0.533. The van der Waals surface area contributed by atoms with E-state index in [2.05, 4.69) is 25.8 Å². The number of hydrogen-bond donors (Lipinski definition) is 0. The highest BCUT2D eigenvalue weighted by Gasteiger charge is 2.42. The van der Waals surface area contributed by atoms with E-state index in [1.54, 1.807) is 4.31 Å². The van der Waals surface area contributed by atoms with Crippen LogP contribution in [-0.4, -0.2) is 55.6 Å². The lowest BCUT2D eigenvalue weighted by Gasteiger charge is -2.39. The van der Waals surface area contributed by atoms with E-state index in [-0.39, 0.29) is 0 Å². The summed E-state index contributed by atoms with van der Waals surface area (Å²) in [4.78, 5) is 2.21. The number of rotatable bonds is 11. The van der Waals surface area contributed by atoms with E-state index < -0.39 is 14.8 Å². The number of piperazine rings is 1. The highest BCUT2D eigenvalue weighted by Crippen LogP contribution is 2.33. The Balaban J connectivity index is 2.78. The van der Waals surface area contributed by atoms with Gasteiger partial charge in [-0.2, -0.15) is 4.31 Å². The van der Waals surface area contributed by atoms with Crippen LogP contribution >= 0.6 is 0 Å². The Kier molecular flexibility index (Phi) is 9.09. The van der Waals surface area contributed by atoms with Crippen molar-refractivity contribution in [3.05, 3.63) is 0 Å². The number of hydrogen-bond acceptors (Lipinski definition) is 3. The smallest absolute Gasteiger partial charge is 0.219 e. The van der Waals surface area contributed by atoms with E-state index in [0.717, 1.165) is 58.0 Å². The summed E-state index contributed by atoms with van der Waals surface area (Å²) in [6, 6.07) is 0. The molecule has 0 N–H and O–H groups in total. The monoisotopic (exact) mass is 346 g/mol. The predicted octanol–water partition coefficient (Wildman–Crippen LogP) is 3.87. The number of sulfonamides is 1. The van der Waals surface area contributed by atoms with Crippen LogP contribution in [0.15, 0.2) is 0 Å². The lowest BCUT2D eigenvalue weighted by Crippen LogP contribution is -2.53. The Bertz CT molecular complexity index is 417. The normalized spacial score (nSPS) is 20.5. The molecule has 1 atom stereocenters. The van der Waals surface area contributed by atoms with Crippen LogP contribution in [0.1, 0.15) is 78.6 Å². The molecular weight excluding hydrogens is 308 g/mol. The predicted molar refractivity (Wildman–Crippen MR) is 99.3 cm³/mol. The van der Waals surface area contributed by atoms with Gasteiger partial charge in [0.2, 0.25) is 10.0 Å². The summed E-state index contributed by atoms with van der Waals surface area (Å²) in [6.45, 7) is 9.37. The van der Waals surface area contributed by atoms with Crippen LogP contribution in [0.4, 0.5) is 0 Å². The van der Waals surface area contributed by atoms with Gasteiger partial charge in [0.05, 0.1) is 4.75 Å². The first-order valence-corrected chi connectivity index (χ1v) is 11.0. The molecule has 1 rings (SSSR count). The standard InChI is InChI=1S/C18H38N2O2S/c1-5-7-9-11-13-18(3,12-10-8-6-2)23(21,22)20-16-14-19(4)15-17-20/h5-17H2,1-4H3. The van der Waals surface area contributed by atoms with Crippen LogP contribution in [0.5, 0.6) is 0 Å². The molecular formula is C18H38N2O2S. The highest BCUT2D eigenvalue weighted by atomic mass is 32.2. The van der Waals surface area contributed by atoms with Crippen molar-refractivity contribution in [3.63, 3.8) is 0 Å². The third-order valence-electron chi connectivity index (χ3n) is 5.29. The van der Waals surface area contributed by atoms with Crippen LogP contribution in [0.2, 0.25) is 0 Å². The van der Waals surface area contributed by atoms with Crippen LogP contribution in [0.3, 0.4) is 0 Å². The minimum absolute atomic E-state index is 0.578. The Labute approximate surface area is 144 Å². The van der Waals surface area contributed by atoms with Gasteiger partial charge >= 0.3 is 0 Å². The van der Waals surface area contributed by atoms with Gasteiger partial charge in [-0.15, -0.1) is 0 Å². The summed E-state index contributed by atoms with van der Waals surface area (Å²) >= 11 is 0. The van der Waals surface area contributed by atoms with E-state index >= 15 is 0 Å². The molecule has 1 heterocycles. The molecule has 1 aliphatic rings. The van der Waals surface area contributed by atoms with E-state index in [0.29, 0.717) is 13.1 Å². The second kappa shape index (κ2) is 10.00. The van der Waals surface area contributed by atoms with Crippen molar-refractivity contribution in [2.45, 2.75) is 83.3 Å². The SMILES string of the molecule is CCCCCCC(C)(CCCCC)S(=O)(=O)N1CCN(C)CC1. The van der Waals surface area contributed by atoms with Gasteiger partial charge in [0, 0.05) is 26.2 Å². The number of unbranched alkanes of at least 4 members (excludes halogenated alkanes) is 5. The van der Waals surface area contributed by atoms with Gasteiger partial charge in [0.25, 0.3) is 0 Å². The maximum Gasteiger partial charge on any atom is 0.219 e. The molecule has 0 spiro atoms. The Morgan fingerprint density at radius 1 is 0.826 bits per heavy atom. The molecule has 0 amide bonds. The topological polar surface area (TPSA) is 40.6 Å². The van der Waals surface area contributed by atoms with Crippen molar-refractivity contribution in [1.82, 2.24) is 9.21 Å². The minimum Gasteiger partial charge on any atom is -0.304 e. The van der Waals surface area contributed by atoms with Gasteiger partial charge in [-0.25, -0.2) is 8.42 Å². The third kappa shape index (κ3) is 6.02. The fourth-order valence-corrected chi connectivity index (χ4v) is 5.47. The zero-order chi connectivity index (χ0) is 17.3. The van der Waals surface area contributed by atoms with Crippen molar-refractivity contribution in [2.75, 3.05) is 33.2 Å². The number of likely N-dealkylation sites (N-methyl/N-ethyl adjacent to an activating group) is 1. The Morgan fingerprint density at radius 3 is 1.83 bits per heavy atom. The first-order chi connectivity index (χ1) is 10.9. The minimum atomic E-state index is -3.21.